The Bertz CT molecular complexity index is 1260. The SMILES string of the molecule is Cc1ccc(-c2cc(-c3ccccc3)cc3cc4c(C)cccn4c23)cc1. The van der Waals surface area contributed by atoms with Crippen molar-refractivity contribution in [1.29, 1.82) is 0 Å². The topological polar surface area (TPSA) is 4.41 Å². The Labute approximate surface area is 159 Å². The standard InChI is InChI=1S/C26H21N/c1-18-10-12-21(13-11-18)24-16-22(20-8-4-3-5-9-20)15-23-17-25-19(2)7-6-14-27(25)26(23)24/h3-17H,1-2H3. The maximum Gasteiger partial charge on any atom is 0.0607 e. The fourth-order valence-corrected chi connectivity index (χ4v) is 3.94. The van der Waals surface area contributed by atoms with Crippen LogP contribution in [-0.2, 0) is 0 Å². The van der Waals surface area contributed by atoms with Crippen LogP contribution in [0.25, 0.3) is 38.7 Å². The van der Waals surface area contributed by atoms with Gasteiger partial charge in [-0.2, -0.15) is 0 Å². The molecule has 1 heteroatoms. The maximum atomic E-state index is 2.33. The van der Waals surface area contributed by atoms with Gasteiger partial charge in [0.15, 0.2) is 0 Å². The van der Waals surface area contributed by atoms with Crippen LogP contribution < -0.4 is 0 Å². The molecule has 0 unspecified atom stereocenters. The molecule has 0 bridgehead atoms. The summed E-state index contributed by atoms with van der Waals surface area (Å²) in [6, 6.07) is 30.7. The number of fused-ring (bicyclic) bond motifs is 3. The minimum absolute atomic E-state index is 1.25. The summed E-state index contributed by atoms with van der Waals surface area (Å²) in [6.45, 7) is 4.31. The second-order valence-corrected chi connectivity index (χ2v) is 7.28. The lowest BCUT2D eigenvalue weighted by Gasteiger charge is -2.11. The molecule has 3 aromatic carbocycles. The Morgan fingerprint density at radius 2 is 1.41 bits per heavy atom. The van der Waals surface area contributed by atoms with Gasteiger partial charge in [-0.1, -0.05) is 66.2 Å². The number of nitrogens with zero attached hydrogens (tertiary/aromatic N) is 1. The van der Waals surface area contributed by atoms with E-state index in [1.54, 1.807) is 0 Å². The van der Waals surface area contributed by atoms with Crippen LogP contribution in [0.2, 0.25) is 0 Å². The molecule has 2 heterocycles. The van der Waals surface area contributed by atoms with Gasteiger partial charge >= 0.3 is 0 Å². The summed E-state index contributed by atoms with van der Waals surface area (Å²) in [4.78, 5) is 0. The van der Waals surface area contributed by atoms with Crippen LogP contribution in [0.5, 0.6) is 0 Å². The van der Waals surface area contributed by atoms with Gasteiger partial charge < -0.3 is 4.40 Å². The number of hydrogen-bond acceptors (Lipinski definition) is 0. The molecular formula is C26H21N. The molecule has 2 aromatic heterocycles. The zero-order valence-corrected chi connectivity index (χ0v) is 15.6. The molecule has 0 aliphatic heterocycles. The molecule has 0 aliphatic carbocycles. The maximum absolute atomic E-state index is 2.33. The normalized spacial score (nSPS) is 11.3. The van der Waals surface area contributed by atoms with E-state index in [-0.39, 0.29) is 0 Å². The van der Waals surface area contributed by atoms with Crippen LogP contribution in [0.1, 0.15) is 11.1 Å². The Balaban J connectivity index is 1.90. The third-order valence-electron chi connectivity index (χ3n) is 5.39. The van der Waals surface area contributed by atoms with Gasteiger partial charge in [-0.3, -0.25) is 0 Å². The molecule has 0 spiro atoms. The molecule has 0 radical (unpaired) electrons. The number of aromatic nitrogens is 1. The first kappa shape index (κ1) is 15.9. The van der Waals surface area contributed by atoms with E-state index >= 15 is 0 Å². The first-order chi connectivity index (χ1) is 13.2. The quantitative estimate of drug-likeness (QED) is 0.322. The van der Waals surface area contributed by atoms with E-state index < -0.39 is 0 Å². The molecule has 0 atom stereocenters. The average Bonchev–Trinajstić information content (AvgIpc) is 3.09. The highest BCUT2D eigenvalue weighted by atomic mass is 14.9. The van der Waals surface area contributed by atoms with Crippen molar-refractivity contribution in [2.75, 3.05) is 0 Å². The Kier molecular flexibility index (Phi) is 3.61. The Hall–Kier alpha value is -3.32. The number of hydrogen-bond donors (Lipinski definition) is 0. The number of pyridine rings is 1. The van der Waals surface area contributed by atoms with Crippen molar-refractivity contribution < 1.29 is 0 Å². The lowest BCUT2D eigenvalue weighted by atomic mass is 9.96. The minimum atomic E-state index is 1.25. The van der Waals surface area contributed by atoms with E-state index in [1.165, 1.54) is 49.8 Å². The highest BCUT2D eigenvalue weighted by Gasteiger charge is 2.13. The fraction of sp³-hybridized carbons (Fsp3) is 0.0769. The number of benzene rings is 3. The Morgan fingerprint density at radius 3 is 2.19 bits per heavy atom. The predicted octanol–water partition coefficient (Wildman–Crippen LogP) is 7.04. The van der Waals surface area contributed by atoms with Crippen LogP contribution in [0.3, 0.4) is 0 Å². The molecule has 0 fully saturated rings. The number of aryl methyl sites for hydroxylation is 2. The van der Waals surface area contributed by atoms with E-state index in [4.69, 9.17) is 0 Å². The van der Waals surface area contributed by atoms with Gasteiger partial charge in [-0.15, -0.1) is 0 Å². The highest BCUT2D eigenvalue weighted by Crippen LogP contribution is 2.36. The fourth-order valence-electron chi connectivity index (χ4n) is 3.94. The van der Waals surface area contributed by atoms with Gasteiger partial charge in [0.05, 0.1) is 5.52 Å². The van der Waals surface area contributed by atoms with Crippen molar-refractivity contribution in [2.24, 2.45) is 0 Å². The summed E-state index contributed by atoms with van der Waals surface area (Å²) >= 11 is 0. The van der Waals surface area contributed by atoms with Crippen LogP contribution >= 0.6 is 0 Å². The molecule has 0 amide bonds. The van der Waals surface area contributed by atoms with Crippen molar-refractivity contribution in [1.82, 2.24) is 4.40 Å². The third kappa shape index (κ3) is 2.63. The van der Waals surface area contributed by atoms with E-state index in [2.05, 4.69) is 109 Å². The average molecular weight is 347 g/mol. The smallest absolute Gasteiger partial charge is 0.0607 e. The van der Waals surface area contributed by atoms with Crippen LogP contribution in [0.15, 0.2) is 91.1 Å². The van der Waals surface area contributed by atoms with Gasteiger partial charge in [0.2, 0.25) is 0 Å². The first-order valence-electron chi connectivity index (χ1n) is 9.37. The summed E-state index contributed by atoms with van der Waals surface area (Å²) in [5, 5.41) is 1.28. The van der Waals surface area contributed by atoms with Gasteiger partial charge in [0, 0.05) is 22.7 Å². The van der Waals surface area contributed by atoms with E-state index in [1.807, 2.05) is 0 Å². The van der Waals surface area contributed by atoms with Crippen LogP contribution in [-0.4, -0.2) is 4.40 Å². The minimum Gasteiger partial charge on any atom is -0.316 e. The predicted molar refractivity (Wildman–Crippen MR) is 115 cm³/mol. The second kappa shape index (κ2) is 6.14. The lowest BCUT2D eigenvalue weighted by molar-refractivity contribution is 1.23. The first-order valence-corrected chi connectivity index (χ1v) is 9.37. The summed E-state index contributed by atoms with van der Waals surface area (Å²) in [6.07, 6.45) is 2.17. The van der Waals surface area contributed by atoms with Crippen molar-refractivity contribution in [3.05, 3.63) is 102 Å². The lowest BCUT2D eigenvalue weighted by Crippen LogP contribution is -1.90. The summed E-state index contributed by atoms with van der Waals surface area (Å²) in [7, 11) is 0. The molecule has 27 heavy (non-hydrogen) atoms. The molecule has 0 N–H and O–H groups in total. The van der Waals surface area contributed by atoms with Gasteiger partial charge in [-0.05, 0) is 60.4 Å². The molecule has 130 valence electrons. The van der Waals surface area contributed by atoms with Crippen LogP contribution in [0.4, 0.5) is 0 Å². The summed E-state index contributed by atoms with van der Waals surface area (Å²) < 4.78 is 2.33. The van der Waals surface area contributed by atoms with Crippen molar-refractivity contribution >= 4 is 16.4 Å². The molecule has 1 nitrogen and oxygen atoms in total. The van der Waals surface area contributed by atoms with E-state index in [0.717, 1.165) is 0 Å². The third-order valence-corrected chi connectivity index (χ3v) is 5.39. The van der Waals surface area contributed by atoms with Gasteiger partial charge in [-0.25, -0.2) is 0 Å². The molecule has 5 rings (SSSR count). The number of rotatable bonds is 2. The van der Waals surface area contributed by atoms with E-state index in [9.17, 15) is 0 Å². The van der Waals surface area contributed by atoms with Crippen molar-refractivity contribution in [2.45, 2.75) is 13.8 Å². The van der Waals surface area contributed by atoms with Crippen molar-refractivity contribution in [3.63, 3.8) is 0 Å². The van der Waals surface area contributed by atoms with Crippen molar-refractivity contribution in [3.8, 4) is 22.3 Å². The monoisotopic (exact) mass is 347 g/mol. The largest absolute Gasteiger partial charge is 0.316 e. The summed E-state index contributed by atoms with van der Waals surface area (Å²) in [5.74, 6) is 0. The van der Waals surface area contributed by atoms with Gasteiger partial charge in [0.25, 0.3) is 0 Å². The molecular weight excluding hydrogens is 326 g/mol. The molecule has 5 aromatic rings. The van der Waals surface area contributed by atoms with Crippen LogP contribution in [0, 0.1) is 13.8 Å². The zero-order valence-electron chi connectivity index (χ0n) is 15.6. The molecule has 0 saturated carbocycles. The highest BCUT2D eigenvalue weighted by molar-refractivity contribution is 6.02. The molecule has 0 saturated heterocycles. The second-order valence-electron chi connectivity index (χ2n) is 7.28. The molecule has 0 aliphatic rings. The Morgan fingerprint density at radius 1 is 0.630 bits per heavy atom. The zero-order chi connectivity index (χ0) is 18.4. The van der Waals surface area contributed by atoms with E-state index in [0.29, 0.717) is 0 Å². The summed E-state index contributed by atoms with van der Waals surface area (Å²) in [5.41, 5.74) is 10.2. The van der Waals surface area contributed by atoms with Gasteiger partial charge in [0.1, 0.15) is 0 Å².